The number of para-hydroxylation sites is 3. The van der Waals surface area contributed by atoms with Crippen LogP contribution in [0.3, 0.4) is 0 Å². The molecule has 8 heteroatoms. The van der Waals surface area contributed by atoms with Crippen molar-refractivity contribution >= 4 is 50.4 Å². The van der Waals surface area contributed by atoms with Gasteiger partial charge in [-0.25, -0.2) is 9.97 Å². The van der Waals surface area contributed by atoms with Crippen molar-refractivity contribution in [2.75, 3.05) is 5.32 Å². The maximum absolute atomic E-state index is 12.7. The average Bonchev–Trinajstić information content (AvgIpc) is 3.05. The van der Waals surface area contributed by atoms with Crippen molar-refractivity contribution < 1.29 is 9.72 Å². The maximum Gasteiger partial charge on any atom is 0.269 e. The first-order valence-corrected chi connectivity index (χ1v) is 9.28. The van der Waals surface area contributed by atoms with Crippen LogP contribution in [0.2, 0.25) is 0 Å². The van der Waals surface area contributed by atoms with Crippen LogP contribution in [0.15, 0.2) is 72.8 Å². The third-order valence-corrected chi connectivity index (χ3v) is 4.92. The summed E-state index contributed by atoms with van der Waals surface area (Å²) < 4.78 is 1.84. The average molecular weight is 397 g/mol. The van der Waals surface area contributed by atoms with Gasteiger partial charge >= 0.3 is 0 Å². The topological polar surface area (TPSA) is 103 Å². The van der Waals surface area contributed by atoms with Gasteiger partial charge in [0.25, 0.3) is 5.69 Å². The van der Waals surface area contributed by atoms with Crippen LogP contribution in [-0.2, 0) is 11.3 Å². The molecule has 0 spiro atoms. The number of aromatic nitrogens is 3. The first-order valence-electron chi connectivity index (χ1n) is 9.28. The molecule has 0 saturated heterocycles. The number of anilines is 1. The van der Waals surface area contributed by atoms with Gasteiger partial charge in [0.05, 0.1) is 21.5 Å². The van der Waals surface area contributed by atoms with E-state index in [1.54, 1.807) is 0 Å². The molecule has 3 aromatic carbocycles. The Labute approximate surface area is 169 Å². The number of nitro benzene ring substituents is 1. The monoisotopic (exact) mass is 397 g/mol. The lowest BCUT2D eigenvalue weighted by molar-refractivity contribution is -0.384. The van der Waals surface area contributed by atoms with E-state index in [-0.39, 0.29) is 18.1 Å². The molecule has 0 aliphatic heterocycles. The number of carbonyl (C=O) groups is 1. The van der Waals surface area contributed by atoms with Crippen LogP contribution in [-0.4, -0.2) is 25.4 Å². The Morgan fingerprint density at radius 1 is 0.933 bits per heavy atom. The number of nitrogens with zero attached hydrogens (tertiary/aromatic N) is 4. The number of hydrogen-bond donors (Lipinski definition) is 1. The molecular weight excluding hydrogens is 382 g/mol. The molecule has 1 N–H and O–H groups in total. The Morgan fingerprint density at radius 2 is 1.60 bits per heavy atom. The van der Waals surface area contributed by atoms with Crippen molar-refractivity contribution in [3.63, 3.8) is 0 Å². The second kappa shape index (κ2) is 6.93. The second-order valence-corrected chi connectivity index (χ2v) is 6.84. The van der Waals surface area contributed by atoms with Crippen LogP contribution in [0, 0.1) is 10.1 Å². The Morgan fingerprint density at radius 3 is 2.33 bits per heavy atom. The van der Waals surface area contributed by atoms with Gasteiger partial charge in [0.2, 0.25) is 5.91 Å². The van der Waals surface area contributed by atoms with Crippen LogP contribution in [0.5, 0.6) is 0 Å². The summed E-state index contributed by atoms with van der Waals surface area (Å²) in [6, 6.07) is 21.1. The summed E-state index contributed by atoms with van der Waals surface area (Å²) in [5, 5.41) is 14.5. The fourth-order valence-corrected chi connectivity index (χ4v) is 3.55. The van der Waals surface area contributed by atoms with E-state index in [9.17, 15) is 14.9 Å². The third-order valence-electron chi connectivity index (χ3n) is 4.92. The van der Waals surface area contributed by atoms with E-state index >= 15 is 0 Å². The van der Waals surface area contributed by atoms with Crippen LogP contribution < -0.4 is 5.32 Å². The van der Waals surface area contributed by atoms with Crippen molar-refractivity contribution in [1.29, 1.82) is 0 Å². The standard InChI is InChI=1S/C22H15N5O3/c28-20(23-14-9-11-15(12-10-14)27(29)30)13-26-19-8-4-1-5-16(19)21-22(26)25-18-7-3-2-6-17(18)24-21/h1-12H,13H2,(H,23,28). The molecular formula is C22H15N5O3. The van der Waals surface area contributed by atoms with Crippen LogP contribution in [0.25, 0.3) is 33.1 Å². The van der Waals surface area contributed by atoms with Gasteiger partial charge in [0.15, 0.2) is 5.65 Å². The summed E-state index contributed by atoms with van der Waals surface area (Å²) in [4.78, 5) is 32.6. The largest absolute Gasteiger partial charge is 0.325 e. The first kappa shape index (κ1) is 17.7. The molecule has 0 aliphatic rings. The van der Waals surface area contributed by atoms with Crippen LogP contribution in [0.1, 0.15) is 0 Å². The molecule has 146 valence electrons. The van der Waals surface area contributed by atoms with Crippen molar-refractivity contribution in [2.24, 2.45) is 0 Å². The molecule has 30 heavy (non-hydrogen) atoms. The predicted molar refractivity (Wildman–Crippen MR) is 114 cm³/mol. The maximum atomic E-state index is 12.7. The van der Waals surface area contributed by atoms with Gasteiger partial charge in [-0.3, -0.25) is 14.9 Å². The predicted octanol–water partition coefficient (Wildman–Crippen LogP) is 4.28. The quantitative estimate of drug-likeness (QED) is 0.360. The van der Waals surface area contributed by atoms with Gasteiger partial charge in [-0.2, -0.15) is 0 Å². The highest BCUT2D eigenvalue weighted by molar-refractivity contribution is 6.07. The SMILES string of the molecule is O=C(Cn1c2ccccc2c2nc3ccccc3nc21)Nc1ccc([N+](=O)[O-])cc1. The molecule has 0 aliphatic carbocycles. The van der Waals surface area contributed by atoms with E-state index in [1.807, 2.05) is 53.1 Å². The number of amides is 1. The van der Waals surface area contributed by atoms with Crippen molar-refractivity contribution in [3.05, 3.63) is 82.9 Å². The summed E-state index contributed by atoms with van der Waals surface area (Å²) in [6.07, 6.45) is 0. The summed E-state index contributed by atoms with van der Waals surface area (Å²) in [7, 11) is 0. The number of carbonyl (C=O) groups excluding carboxylic acids is 1. The Bertz CT molecular complexity index is 1440. The number of hydrogen-bond acceptors (Lipinski definition) is 5. The molecule has 0 atom stereocenters. The molecule has 2 heterocycles. The fourth-order valence-electron chi connectivity index (χ4n) is 3.55. The molecule has 0 fully saturated rings. The Hall–Kier alpha value is -4.33. The van der Waals surface area contributed by atoms with Crippen molar-refractivity contribution in [1.82, 2.24) is 14.5 Å². The highest BCUT2D eigenvalue weighted by Gasteiger charge is 2.16. The minimum Gasteiger partial charge on any atom is -0.325 e. The van der Waals surface area contributed by atoms with E-state index in [4.69, 9.17) is 9.97 Å². The smallest absolute Gasteiger partial charge is 0.269 e. The van der Waals surface area contributed by atoms with Crippen LogP contribution in [0.4, 0.5) is 11.4 Å². The van der Waals surface area contributed by atoms with Gasteiger partial charge in [0, 0.05) is 23.2 Å². The van der Waals surface area contributed by atoms with Gasteiger partial charge in [0.1, 0.15) is 12.1 Å². The lowest BCUT2D eigenvalue weighted by Crippen LogP contribution is -2.18. The van der Waals surface area contributed by atoms with Gasteiger partial charge in [-0.15, -0.1) is 0 Å². The molecule has 0 bridgehead atoms. The van der Waals surface area contributed by atoms with Gasteiger partial charge in [-0.1, -0.05) is 30.3 Å². The van der Waals surface area contributed by atoms with E-state index < -0.39 is 4.92 Å². The zero-order valence-electron chi connectivity index (χ0n) is 15.6. The summed E-state index contributed by atoms with van der Waals surface area (Å²) >= 11 is 0. The lowest BCUT2D eigenvalue weighted by atomic mass is 10.2. The zero-order chi connectivity index (χ0) is 20.7. The molecule has 0 radical (unpaired) electrons. The van der Waals surface area contributed by atoms with Crippen LogP contribution >= 0.6 is 0 Å². The number of fused-ring (bicyclic) bond motifs is 4. The summed E-state index contributed by atoms with van der Waals surface area (Å²) in [5.74, 6) is -0.263. The van der Waals surface area contributed by atoms with Crippen molar-refractivity contribution in [2.45, 2.75) is 6.54 Å². The second-order valence-electron chi connectivity index (χ2n) is 6.84. The number of nitrogens with one attached hydrogen (secondary N) is 1. The Kier molecular flexibility index (Phi) is 4.10. The lowest BCUT2D eigenvalue weighted by Gasteiger charge is -2.08. The normalized spacial score (nSPS) is 11.2. The number of nitro groups is 1. The molecule has 5 aromatic rings. The van der Waals surface area contributed by atoms with Gasteiger partial charge < -0.3 is 9.88 Å². The number of non-ortho nitro benzene ring substituents is 1. The number of rotatable bonds is 4. The first-order chi connectivity index (χ1) is 14.6. The van der Waals surface area contributed by atoms with E-state index in [2.05, 4.69) is 5.32 Å². The Balaban J connectivity index is 1.54. The van der Waals surface area contributed by atoms with E-state index in [0.29, 0.717) is 11.3 Å². The molecule has 2 aromatic heterocycles. The molecule has 1 amide bonds. The highest BCUT2D eigenvalue weighted by atomic mass is 16.6. The highest BCUT2D eigenvalue weighted by Crippen LogP contribution is 2.28. The minimum atomic E-state index is -0.479. The van der Waals surface area contributed by atoms with Crippen molar-refractivity contribution in [3.8, 4) is 0 Å². The molecule has 0 saturated carbocycles. The molecule has 8 nitrogen and oxygen atoms in total. The fraction of sp³-hybridized carbons (Fsp3) is 0.0455. The summed E-state index contributed by atoms with van der Waals surface area (Å²) in [5.41, 5.74) is 4.25. The zero-order valence-corrected chi connectivity index (χ0v) is 15.6. The third kappa shape index (κ3) is 3.00. The van der Waals surface area contributed by atoms with E-state index in [0.717, 1.165) is 27.5 Å². The van der Waals surface area contributed by atoms with E-state index in [1.165, 1.54) is 24.3 Å². The molecule has 0 unspecified atom stereocenters. The van der Waals surface area contributed by atoms with Gasteiger partial charge in [-0.05, 0) is 30.3 Å². The summed E-state index contributed by atoms with van der Waals surface area (Å²) in [6.45, 7) is 0.0357. The molecule has 5 rings (SSSR count). The number of benzene rings is 3. The minimum absolute atomic E-state index is 0.0300.